The van der Waals surface area contributed by atoms with Crippen molar-refractivity contribution in [1.29, 1.82) is 0 Å². The highest BCUT2D eigenvalue weighted by atomic mass is 19.4. The minimum absolute atomic E-state index is 0.0274. The van der Waals surface area contributed by atoms with Crippen molar-refractivity contribution >= 4 is 0 Å². The minimum Gasteiger partial charge on any atom is -0.330 e. The Morgan fingerprint density at radius 2 is 1.84 bits per heavy atom. The molecule has 0 heterocycles. The molecule has 0 saturated heterocycles. The van der Waals surface area contributed by atoms with E-state index in [-0.39, 0.29) is 24.9 Å². The fourth-order valence-corrected chi connectivity index (χ4v) is 3.09. The van der Waals surface area contributed by atoms with Crippen LogP contribution in [-0.4, -0.2) is 12.2 Å². The number of benzene rings is 1. The van der Waals surface area contributed by atoms with Crippen molar-refractivity contribution in [2.75, 3.05) is 6.54 Å². The first-order valence-electron chi connectivity index (χ1n) is 6.26. The maximum Gasteiger partial charge on any atom is 0.416 e. The molecule has 0 bridgehead atoms. The van der Waals surface area contributed by atoms with Crippen LogP contribution < -0.4 is 5.73 Å². The SMILES string of the molecule is CC1(F)CCC(CN)(c2ccccc2C(F)(F)F)C1. The number of hydrogen-bond acceptors (Lipinski definition) is 1. The molecular weight excluding hydrogens is 258 g/mol. The van der Waals surface area contributed by atoms with Gasteiger partial charge in [-0.05, 0) is 37.8 Å². The zero-order valence-corrected chi connectivity index (χ0v) is 10.7. The van der Waals surface area contributed by atoms with Crippen molar-refractivity contribution in [3.05, 3.63) is 35.4 Å². The summed E-state index contributed by atoms with van der Waals surface area (Å²) in [4.78, 5) is 0. The van der Waals surface area contributed by atoms with Crippen molar-refractivity contribution < 1.29 is 17.6 Å². The molecule has 0 spiro atoms. The topological polar surface area (TPSA) is 26.0 Å². The van der Waals surface area contributed by atoms with Crippen LogP contribution in [0.2, 0.25) is 0 Å². The molecule has 1 saturated carbocycles. The number of halogens is 4. The average molecular weight is 275 g/mol. The van der Waals surface area contributed by atoms with E-state index in [0.29, 0.717) is 6.42 Å². The summed E-state index contributed by atoms with van der Waals surface area (Å²) in [5, 5.41) is 0. The van der Waals surface area contributed by atoms with Crippen LogP contribution in [0.25, 0.3) is 0 Å². The Morgan fingerprint density at radius 3 is 2.32 bits per heavy atom. The summed E-state index contributed by atoms with van der Waals surface area (Å²) in [5.41, 5.74) is 2.78. The zero-order chi connectivity index (χ0) is 14.3. The molecule has 2 N–H and O–H groups in total. The summed E-state index contributed by atoms with van der Waals surface area (Å²) in [6.45, 7) is 1.46. The normalized spacial score (nSPS) is 31.7. The quantitative estimate of drug-likeness (QED) is 0.816. The molecule has 0 aromatic heterocycles. The van der Waals surface area contributed by atoms with Gasteiger partial charge >= 0.3 is 6.18 Å². The Hall–Kier alpha value is -1.10. The van der Waals surface area contributed by atoms with Crippen LogP contribution in [0.15, 0.2) is 24.3 Å². The third kappa shape index (κ3) is 2.61. The van der Waals surface area contributed by atoms with Crippen LogP contribution in [0, 0.1) is 0 Å². The van der Waals surface area contributed by atoms with Gasteiger partial charge in [0.2, 0.25) is 0 Å². The number of alkyl halides is 4. The van der Waals surface area contributed by atoms with Gasteiger partial charge in [-0.1, -0.05) is 18.2 Å². The third-order valence-electron chi connectivity index (χ3n) is 4.03. The molecule has 2 rings (SSSR count). The summed E-state index contributed by atoms with van der Waals surface area (Å²) >= 11 is 0. The van der Waals surface area contributed by atoms with Gasteiger partial charge in [-0.3, -0.25) is 0 Å². The fraction of sp³-hybridized carbons (Fsp3) is 0.571. The molecule has 0 radical (unpaired) electrons. The first-order valence-corrected chi connectivity index (χ1v) is 6.26. The van der Waals surface area contributed by atoms with Crippen molar-refractivity contribution in [3.63, 3.8) is 0 Å². The lowest BCUT2D eigenvalue weighted by atomic mass is 9.76. The Balaban J connectivity index is 2.52. The van der Waals surface area contributed by atoms with E-state index in [0.717, 1.165) is 6.07 Å². The van der Waals surface area contributed by atoms with E-state index in [2.05, 4.69) is 0 Å². The van der Waals surface area contributed by atoms with E-state index >= 15 is 0 Å². The summed E-state index contributed by atoms with van der Waals surface area (Å²) in [5.74, 6) is 0. The van der Waals surface area contributed by atoms with E-state index in [9.17, 15) is 17.6 Å². The second-order valence-corrected chi connectivity index (χ2v) is 5.62. The maximum absolute atomic E-state index is 14.1. The van der Waals surface area contributed by atoms with Crippen LogP contribution >= 0.6 is 0 Å². The van der Waals surface area contributed by atoms with Crippen LogP contribution in [0.3, 0.4) is 0 Å². The van der Waals surface area contributed by atoms with Gasteiger partial charge in [0.1, 0.15) is 5.67 Å². The van der Waals surface area contributed by atoms with Crippen molar-refractivity contribution in [3.8, 4) is 0 Å². The van der Waals surface area contributed by atoms with Gasteiger partial charge in [0, 0.05) is 12.0 Å². The number of rotatable bonds is 2. The zero-order valence-electron chi connectivity index (χ0n) is 10.7. The summed E-state index contributed by atoms with van der Waals surface area (Å²) in [6, 6.07) is 5.37. The molecule has 2 unspecified atom stereocenters. The molecule has 2 atom stereocenters. The maximum atomic E-state index is 14.1. The van der Waals surface area contributed by atoms with Gasteiger partial charge in [-0.2, -0.15) is 13.2 Å². The smallest absolute Gasteiger partial charge is 0.330 e. The number of nitrogens with two attached hydrogens (primary N) is 1. The van der Waals surface area contributed by atoms with E-state index in [1.165, 1.54) is 19.1 Å². The van der Waals surface area contributed by atoms with Crippen molar-refractivity contribution in [1.82, 2.24) is 0 Å². The Kier molecular flexibility index (Phi) is 3.37. The molecule has 1 aliphatic rings. The molecule has 5 heteroatoms. The van der Waals surface area contributed by atoms with Gasteiger partial charge < -0.3 is 5.73 Å². The van der Waals surface area contributed by atoms with E-state index in [1.807, 2.05) is 0 Å². The highest BCUT2D eigenvalue weighted by Gasteiger charge is 2.49. The van der Waals surface area contributed by atoms with Gasteiger partial charge in [-0.25, -0.2) is 4.39 Å². The molecule has 1 aromatic carbocycles. The van der Waals surface area contributed by atoms with E-state index < -0.39 is 22.8 Å². The molecule has 1 aromatic rings. The summed E-state index contributed by atoms with van der Waals surface area (Å²) in [6.07, 6.45) is -3.79. The van der Waals surface area contributed by atoms with E-state index in [4.69, 9.17) is 5.73 Å². The lowest BCUT2D eigenvalue weighted by Gasteiger charge is -2.31. The van der Waals surface area contributed by atoms with Crippen LogP contribution in [0.4, 0.5) is 17.6 Å². The summed E-state index contributed by atoms with van der Waals surface area (Å²) in [7, 11) is 0. The largest absolute Gasteiger partial charge is 0.416 e. The molecule has 0 amide bonds. The van der Waals surface area contributed by atoms with Gasteiger partial charge in [0.25, 0.3) is 0 Å². The third-order valence-corrected chi connectivity index (χ3v) is 4.03. The Morgan fingerprint density at radius 1 is 1.21 bits per heavy atom. The second-order valence-electron chi connectivity index (χ2n) is 5.62. The second kappa shape index (κ2) is 4.47. The summed E-state index contributed by atoms with van der Waals surface area (Å²) < 4.78 is 53.3. The molecule has 1 fully saturated rings. The first kappa shape index (κ1) is 14.3. The standard InChI is InChI=1S/C14H17F4N/c1-12(15)6-7-13(8-12,9-19)10-4-2-3-5-11(10)14(16,17)18/h2-5H,6-9,19H2,1H3. The average Bonchev–Trinajstić information content (AvgIpc) is 2.65. The Labute approximate surface area is 109 Å². The molecule has 1 nitrogen and oxygen atoms in total. The highest BCUT2D eigenvalue weighted by molar-refractivity contribution is 5.38. The lowest BCUT2D eigenvalue weighted by Crippen LogP contribution is -2.36. The highest BCUT2D eigenvalue weighted by Crippen LogP contribution is 2.50. The van der Waals surface area contributed by atoms with Crippen molar-refractivity contribution in [2.45, 2.75) is 43.4 Å². The van der Waals surface area contributed by atoms with Gasteiger partial charge in [0.05, 0.1) is 5.56 Å². The molecule has 19 heavy (non-hydrogen) atoms. The van der Waals surface area contributed by atoms with Crippen LogP contribution in [-0.2, 0) is 11.6 Å². The van der Waals surface area contributed by atoms with Gasteiger partial charge in [-0.15, -0.1) is 0 Å². The monoisotopic (exact) mass is 275 g/mol. The van der Waals surface area contributed by atoms with E-state index in [1.54, 1.807) is 6.07 Å². The predicted octanol–water partition coefficient (Wildman–Crippen LogP) is 3.81. The van der Waals surface area contributed by atoms with Crippen LogP contribution in [0.5, 0.6) is 0 Å². The van der Waals surface area contributed by atoms with Gasteiger partial charge in [0.15, 0.2) is 0 Å². The fourth-order valence-electron chi connectivity index (χ4n) is 3.09. The molecule has 1 aliphatic carbocycles. The number of hydrogen-bond donors (Lipinski definition) is 1. The lowest BCUT2D eigenvalue weighted by molar-refractivity contribution is -0.138. The van der Waals surface area contributed by atoms with Crippen molar-refractivity contribution in [2.24, 2.45) is 5.73 Å². The molecular formula is C14H17F4N. The Bertz CT molecular complexity index is 467. The van der Waals surface area contributed by atoms with Crippen LogP contribution in [0.1, 0.15) is 37.3 Å². The first-order chi connectivity index (χ1) is 8.70. The predicted molar refractivity (Wildman–Crippen MR) is 65.5 cm³/mol. The molecule has 106 valence electrons. The minimum atomic E-state index is -4.44. The molecule has 0 aliphatic heterocycles.